The van der Waals surface area contributed by atoms with Gasteiger partial charge in [-0.1, -0.05) is 12.1 Å². The van der Waals surface area contributed by atoms with Crippen LogP contribution in [0.25, 0.3) is 0 Å². The van der Waals surface area contributed by atoms with Crippen LogP contribution in [-0.4, -0.2) is 13.0 Å². The average Bonchev–Trinajstić information content (AvgIpc) is 2.37. The van der Waals surface area contributed by atoms with E-state index in [4.69, 9.17) is 0 Å². The molecule has 1 amide bonds. The number of benzene rings is 2. The van der Waals surface area contributed by atoms with Crippen molar-refractivity contribution in [1.82, 2.24) is 0 Å². The van der Waals surface area contributed by atoms with Crippen molar-refractivity contribution < 1.29 is 13.6 Å². The fourth-order valence-corrected chi connectivity index (χ4v) is 1.72. The lowest BCUT2D eigenvalue weighted by molar-refractivity contribution is 0.102. The molecule has 0 radical (unpaired) electrons. The van der Waals surface area contributed by atoms with Crippen LogP contribution in [0.4, 0.5) is 20.2 Å². The Hall–Kier alpha value is -2.43. The summed E-state index contributed by atoms with van der Waals surface area (Å²) in [6.45, 7) is 0. The van der Waals surface area contributed by atoms with Gasteiger partial charge in [-0.25, -0.2) is 8.78 Å². The molecule has 2 N–H and O–H groups in total. The number of anilines is 2. The minimum atomic E-state index is -0.739. The Morgan fingerprint density at radius 3 is 2.32 bits per heavy atom. The molecule has 2 aromatic rings. The van der Waals surface area contributed by atoms with Crippen LogP contribution in [0.15, 0.2) is 42.5 Å². The van der Waals surface area contributed by atoms with Crippen LogP contribution in [0, 0.1) is 11.6 Å². The monoisotopic (exact) mass is 262 g/mol. The maximum absolute atomic E-state index is 13.0. The Bertz CT molecular complexity index is 594. The fraction of sp³-hybridized carbons (Fsp3) is 0.0714. The molecule has 5 heteroatoms. The van der Waals surface area contributed by atoms with E-state index in [2.05, 4.69) is 10.6 Å². The minimum Gasteiger partial charge on any atom is -0.387 e. The molecule has 3 nitrogen and oxygen atoms in total. The fourth-order valence-electron chi connectivity index (χ4n) is 1.72. The summed E-state index contributed by atoms with van der Waals surface area (Å²) >= 11 is 0. The molecule has 2 aromatic carbocycles. The second kappa shape index (κ2) is 5.48. The zero-order valence-electron chi connectivity index (χ0n) is 10.2. The quantitative estimate of drug-likeness (QED) is 0.891. The van der Waals surface area contributed by atoms with Crippen molar-refractivity contribution in [2.24, 2.45) is 0 Å². The second-order valence-corrected chi connectivity index (χ2v) is 3.91. The lowest BCUT2D eigenvalue weighted by atomic mass is 10.1. The van der Waals surface area contributed by atoms with E-state index >= 15 is 0 Å². The molecule has 19 heavy (non-hydrogen) atoms. The number of rotatable bonds is 3. The Morgan fingerprint density at radius 1 is 1.05 bits per heavy atom. The zero-order valence-corrected chi connectivity index (χ0v) is 10.2. The third kappa shape index (κ3) is 3.07. The van der Waals surface area contributed by atoms with Crippen LogP contribution in [0.3, 0.4) is 0 Å². The first kappa shape index (κ1) is 13.0. The first-order valence-corrected chi connectivity index (χ1v) is 5.64. The molecule has 0 unspecified atom stereocenters. The molecule has 0 bridgehead atoms. The highest BCUT2D eigenvalue weighted by atomic mass is 19.1. The average molecular weight is 262 g/mol. The van der Waals surface area contributed by atoms with Crippen LogP contribution in [0.2, 0.25) is 0 Å². The van der Waals surface area contributed by atoms with Crippen molar-refractivity contribution in [2.45, 2.75) is 0 Å². The van der Waals surface area contributed by atoms with Crippen molar-refractivity contribution in [3.8, 4) is 0 Å². The van der Waals surface area contributed by atoms with Crippen molar-refractivity contribution in [3.05, 3.63) is 59.7 Å². The van der Waals surface area contributed by atoms with Gasteiger partial charge in [0.15, 0.2) is 0 Å². The van der Waals surface area contributed by atoms with E-state index in [1.165, 1.54) is 0 Å². The molecule has 0 heterocycles. The molecule has 0 aliphatic heterocycles. The predicted octanol–water partition coefficient (Wildman–Crippen LogP) is 3.26. The first-order valence-electron chi connectivity index (χ1n) is 5.64. The van der Waals surface area contributed by atoms with Gasteiger partial charge in [-0.3, -0.25) is 4.79 Å². The zero-order chi connectivity index (χ0) is 13.8. The van der Waals surface area contributed by atoms with E-state index in [0.717, 1.165) is 18.2 Å². The van der Waals surface area contributed by atoms with Gasteiger partial charge in [0.25, 0.3) is 5.91 Å². The smallest absolute Gasteiger partial charge is 0.257 e. The van der Waals surface area contributed by atoms with Gasteiger partial charge in [-0.2, -0.15) is 0 Å². The highest BCUT2D eigenvalue weighted by Crippen LogP contribution is 2.18. The topological polar surface area (TPSA) is 41.1 Å². The molecule has 0 aliphatic carbocycles. The summed E-state index contributed by atoms with van der Waals surface area (Å²) in [6, 6.07) is 9.72. The Labute approximate surface area is 109 Å². The summed E-state index contributed by atoms with van der Waals surface area (Å²) in [5.41, 5.74) is 1.11. The third-order valence-corrected chi connectivity index (χ3v) is 2.56. The largest absolute Gasteiger partial charge is 0.387 e. The minimum absolute atomic E-state index is 0.0772. The highest BCUT2D eigenvalue weighted by Gasteiger charge is 2.11. The van der Waals surface area contributed by atoms with E-state index in [-0.39, 0.29) is 5.69 Å². The number of halogens is 2. The number of amides is 1. The molecule has 2 rings (SSSR count). The number of carbonyl (C=O) groups excluding carboxylic acids is 1. The second-order valence-electron chi connectivity index (χ2n) is 3.91. The summed E-state index contributed by atoms with van der Waals surface area (Å²) in [5, 5.41) is 5.33. The third-order valence-electron chi connectivity index (χ3n) is 2.56. The maximum Gasteiger partial charge on any atom is 0.257 e. The molecule has 0 aromatic heterocycles. The molecular formula is C14H12F2N2O. The molecule has 0 saturated carbocycles. The summed E-state index contributed by atoms with van der Waals surface area (Å²) in [4.78, 5) is 12.0. The van der Waals surface area contributed by atoms with E-state index in [9.17, 15) is 13.6 Å². The normalized spacial score (nSPS) is 10.1. The van der Waals surface area contributed by atoms with Gasteiger partial charge in [-0.15, -0.1) is 0 Å². The van der Waals surface area contributed by atoms with Gasteiger partial charge in [0, 0.05) is 24.5 Å². The molecule has 0 aliphatic rings. The van der Waals surface area contributed by atoms with E-state index in [1.54, 1.807) is 31.3 Å². The predicted molar refractivity (Wildman–Crippen MR) is 70.3 cm³/mol. The van der Waals surface area contributed by atoms with Gasteiger partial charge in [0.05, 0.1) is 5.56 Å². The van der Waals surface area contributed by atoms with Crippen molar-refractivity contribution in [3.63, 3.8) is 0 Å². The number of hydrogen-bond donors (Lipinski definition) is 2. The van der Waals surface area contributed by atoms with Gasteiger partial charge in [0.1, 0.15) is 11.6 Å². The molecule has 98 valence electrons. The van der Waals surface area contributed by atoms with Crippen LogP contribution in [-0.2, 0) is 0 Å². The summed E-state index contributed by atoms with van der Waals surface area (Å²) in [5.74, 6) is -1.91. The lowest BCUT2D eigenvalue weighted by Gasteiger charge is -2.09. The Morgan fingerprint density at radius 2 is 1.68 bits per heavy atom. The summed E-state index contributed by atoms with van der Waals surface area (Å²) in [6.07, 6.45) is 0. The molecule has 0 fully saturated rings. The number of nitrogens with one attached hydrogen (secondary N) is 2. The number of carbonyl (C=O) groups is 1. The van der Waals surface area contributed by atoms with Crippen LogP contribution in [0.5, 0.6) is 0 Å². The van der Waals surface area contributed by atoms with Crippen molar-refractivity contribution in [2.75, 3.05) is 17.7 Å². The highest BCUT2D eigenvalue weighted by molar-refractivity contribution is 6.08. The van der Waals surface area contributed by atoms with E-state index < -0.39 is 17.5 Å². The number of para-hydroxylation sites is 1. The van der Waals surface area contributed by atoms with Gasteiger partial charge in [-0.05, 0) is 24.3 Å². The summed E-state index contributed by atoms with van der Waals surface area (Å²) in [7, 11) is 1.69. The SMILES string of the molecule is CNc1ccccc1C(=O)Nc1cc(F)cc(F)c1. The first-order chi connectivity index (χ1) is 9.10. The standard InChI is InChI=1S/C14H12F2N2O/c1-17-13-5-3-2-4-12(13)14(19)18-11-7-9(15)6-10(16)8-11/h2-8,17H,1H3,(H,18,19). The van der Waals surface area contributed by atoms with Gasteiger partial charge < -0.3 is 10.6 Å². The van der Waals surface area contributed by atoms with E-state index in [1.807, 2.05) is 0 Å². The van der Waals surface area contributed by atoms with Crippen molar-refractivity contribution in [1.29, 1.82) is 0 Å². The Balaban J connectivity index is 2.25. The molecule has 0 saturated heterocycles. The van der Waals surface area contributed by atoms with Gasteiger partial charge >= 0.3 is 0 Å². The van der Waals surface area contributed by atoms with Crippen LogP contribution in [0.1, 0.15) is 10.4 Å². The van der Waals surface area contributed by atoms with Crippen molar-refractivity contribution >= 4 is 17.3 Å². The van der Waals surface area contributed by atoms with Gasteiger partial charge in [0.2, 0.25) is 0 Å². The summed E-state index contributed by atoms with van der Waals surface area (Å²) < 4.78 is 26.0. The molecule has 0 atom stereocenters. The van der Waals surface area contributed by atoms with E-state index in [0.29, 0.717) is 11.3 Å². The van der Waals surface area contributed by atoms with Crippen LogP contribution >= 0.6 is 0 Å². The van der Waals surface area contributed by atoms with Crippen LogP contribution < -0.4 is 10.6 Å². The molecular weight excluding hydrogens is 250 g/mol. The molecule has 0 spiro atoms. The maximum atomic E-state index is 13.0. The number of hydrogen-bond acceptors (Lipinski definition) is 2. The lowest BCUT2D eigenvalue weighted by Crippen LogP contribution is -2.14. The Kier molecular flexibility index (Phi) is 3.75.